The maximum Gasteiger partial charge on any atom is 0.320 e. The normalized spacial score (nSPS) is 11.7. The molecule has 1 aromatic carbocycles. The van der Waals surface area contributed by atoms with Crippen molar-refractivity contribution in [3.05, 3.63) is 30.6 Å². The average molecular weight is 267 g/mol. The van der Waals surface area contributed by atoms with Crippen LogP contribution in [0.1, 0.15) is 6.42 Å². The van der Waals surface area contributed by atoms with E-state index in [2.05, 4.69) is 9.97 Å². The Balaban J connectivity index is 0.000000180. The first-order chi connectivity index (χ1) is 8.65. The highest BCUT2D eigenvalue weighted by molar-refractivity contribution is 7.98. The highest BCUT2D eigenvalue weighted by atomic mass is 32.2. The zero-order valence-electron chi connectivity index (χ0n) is 10.2. The maximum absolute atomic E-state index is 10.1. The molecular formula is C12H17N3O2S. The Kier molecular flexibility index (Phi) is 6.24. The van der Waals surface area contributed by atoms with Crippen LogP contribution in [0.4, 0.5) is 0 Å². The SMILES string of the molecule is CSCCC(N)C(=O)O.c1ccc2[nH]cnc2c1. The molecule has 1 unspecified atom stereocenters. The first kappa shape index (κ1) is 14.5. The third kappa shape index (κ3) is 4.77. The van der Waals surface area contributed by atoms with Crippen LogP contribution in [-0.4, -0.2) is 39.1 Å². The highest BCUT2D eigenvalue weighted by Gasteiger charge is 2.08. The second-order valence-corrected chi connectivity index (χ2v) is 4.63. The summed E-state index contributed by atoms with van der Waals surface area (Å²) in [5.74, 6) is -0.1000. The van der Waals surface area contributed by atoms with Gasteiger partial charge in [-0.25, -0.2) is 4.98 Å². The van der Waals surface area contributed by atoms with Crippen molar-refractivity contribution in [1.29, 1.82) is 0 Å². The standard InChI is InChI=1S/C7H6N2.C5H11NO2S/c1-2-4-7-6(3-1)8-5-9-7;1-9-3-2-4(6)5(7)8/h1-5H,(H,8,9);4H,2-3,6H2,1H3,(H,7,8). The number of nitrogens with two attached hydrogens (primary N) is 1. The molecule has 4 N–H and O–H groups in total. The molecule has 0 aliphatic rings. The number of aliphatic carboxylic acids is 1. The van der Waals surface area contributed by atoms with Gasteiger partial charge in [0.05, 0.1) is 17.4 Å². The predicted octanol–water partition coefficient (Wildman–Crippen LogP) is 1.71. The summed E-state index contributed by atoms with van der Waals surface area (Å²) in [6.07, 6.45) is 4.18. The number of thioether (sulfide) groups is 1. The Labute approximate surface area is 110 Å². The van der Waals surface area contributed by atoms with Crippen molar-refractivity contribution in [2.75, 3.05) is 12.0 Å². The van der Waals surface area contributed by atoms with E-state index in [4.69, 9.17) is 10.8 Å². The van der Waals surface area contributed by atoms with Crippen molar-refractivity contribution < 1.29 is 9.90 Å². The number of carboxylic acid groups (broad SMARTS) is 1. The Morgan fingerprint density at radius 1 is 1.56 bits per heavy atom. The minimum atomic E-state index is -0.913. The zero-order chi connectivity index (χ0) is 13.4. The van der Waals surface area contributed by atoms with Gasteiger partial charge in [0.1, 0.15) is 6.04 Å². The topological polar surface area (TPSA) is 92.0 Å². The van der Waals surface area contributed by atoms with Gasteiger partial charge >= 0.3 is 5.97 Å². The number of rotatable bonds is 4. The van der Waals surface area contributed by atoms with Gasteiger partial charge in [-0.2, -0.15) is 11.8 Å². The van der Waals surface area contributed by atoms with Crippen molar-refractivity contribution in [2.24, 2.45) is 5.73 Å². The number of fused-ring (bicyclic) bond motifs is 1. The fourth-order valence-corrected chi connectivity index (χ4v) is 1.74. The van der Waals surface area contributed by atoms with Gasteiger partial charge in [-0.05, 0) is 30.6 Å². The predicted molar refractivity (Wildman–Crippen MR) is 74.7 cm³/mol. The van der Waals surface area contributed by atoms with Crippen LogP contribution in [0.5, 0.6) is 0 Å². The van der Waals surface area contributed by atoms with Crippen LogP contribution in [0, 0.1) is 0 Å². The molecule has 0 fully saturated rings. The molecule has 2 rings (SSSR count). The van der Waals surface area contributed by atoms with Crippen molar-refractivity contribution in [3.8, 4) is 0 Å². The summed E-state index contributed by atoms with van der Waals surface area (Å²) < 4.78 is 0. The molecule has 0 aliphatic heterocycles. The average Bonchev–Trinajstić information content (AvgIpc) is 2.84. The van der Waals surface area contributed by atoms with E-state index < -0.39 is 12.0 Å². The Morgan fingerprint density at radius 3 is 2.89 bits per heavy atom. The van der Waals surface area contributed by atoms with Crippen LogP contribution in [-0.2, 0) is 4.79 Å². The van der Waals surface area contributed by atoms with E-state index in [0.29, 0.717) is 6.42 Å². The van der Waals surface area contributed by atoms with Crippen molar-refractivity contribution >= 4 is 28.8 Å². The molecule has 18 heavy (non-hydrogen) atoms. The largest absolute Gasteiger partial charge is 0.480 e. The summed E-state index contributed by atoms with van der Waals surface area (Å²) in [4.78, 5) is 17.1. The van der Waals surface area contributed by atoms with Crippen LogP contribution in [0.15, 0.2) is 30.6 Å². The number of hydrogen-bond acceptors (Lipinski definition) is 4. The fraction of sp³-hybridized carbons (Fsp3) is 0.333. The highest BCUT2D eigenvalue weighted by Crippen LogP contribution is 2.05. The molecule has 0 spiro atoms. The molecule has 0 saturated carbocycles. The Hall–Kier alpha value is -1.53. The van der Waals surface area contributed by atoms with Crippen LogP contribution in [0.3, 0.4) is 0 Å². The van der Waals surface area contributed by atoms with Gasteiger partial charge in [-0.1, -0.05) is 12.1 Å². The monoisotopic (exact) mass is 267 g/mol. The third-order valence-electron chi connectivity index (χ3n) is 2.28. The van der Waals surface area contributed by atoms with Gasteiger partial charge in [0.25, 0.3) is 0 Å². The summed E-state index contributed by atoms with van der Waals surface area (Å²) in [7, 11) is 0. The number of carbonyl (C=O) groups is 1. The lowest BCUT2D eigenvalue weighted by Gasteiger charge is -2.02. The van der Waals surface area contributed by atoms with E-state index in [9.17, 15) is 4.79 Å². The summed E-state index contributed by atoms with van der Waals surface area (Å²) in [5, 5.41) is 8.27. The second-order valence-electron chi connectivity index (χ2n) is 3.65. The van der Waals surface area contributed by atoms with Crippen LogP contribution >= 0.6 is 11.8 Å². The lowest BCUT2D eigenvalue weighted by atomic mass is 10.2. The van der Waals surface area contributed by atoms with E-state index in [0.717, 1.165) is 16.8 Å². The molecule has 0 bridgehead atoms. The first-order valence-corrected chi connectivity index (χ1v) is 6.90. The number of aromatic amines is 1. The van der Waals surface area contributed by atoms with Gasteiger partial charge in [0, 0.05) is 0 Å². The summed E-state index contributed by atoms with van der Waals surface area (Å²) in [6.45, 7) is 0. The minimum absolute atomic E-state index is 0.552. The Bertz CT molecular complexity index is 457. The number of H-pyrrole nitrogens is 1. The number of aromatic nitrogens is 2. The molecule has 0 radical (unpaired) electrons. The summed E-state index contributed by atoms with van der Waals surface area (Å²) in [5.41, 5.74) is 7.31. The molecule has 2 aromatic rings. The molecule has 0 saturated heterocycles. The summed E-state index contributed by atoms with van der Waals surface area (Å²) in [6, 6.07) is 7.26. The molecule has 0 amide bonds. The Morgan fingerprint density at radius 2 is 2.28 bits per heavy atom. The number of carboxylic acids is 1. The number of hydrogen-bond donors (Lipinski definition) is 3. The molecule has 5 nitrogen and oxygen atoms in total. The fourth-order valence-electron chi connectivity index (χ4n) is 1.25. The quantitative estimate of drug-likeness (QED) is 0.784. The van der Waals surface area contributed by atoms with Crippen LogP contribution in [0.2, 0.25) is 0 Å². The van der Waals surface area contributed by atoms with E-state index in [1.165, 1.54) is 0 Å². The van der Waals surface area contributed by atoms with Crippen molar-refractivity contribution in [1.82, 2.24) is 9.97 Å². The molecule has 1 aromatic heterocycles. The second kappa shape index (κ2) is 7.73. The lowest BCUT2D eigenvalue weighted by molar-refractivity contribution is -0.138. The molecule has 6 heteroatoms. The molecule has 0 aliphatic carbocycles. The maximum atomic E-state index is 10.1. The van der Waals surface area contributed by atoms with E-state index in [1.54, 1.807) is 18.1 Å². The molecular weight excluding hydrogens is 250 g/mol. The van der Waals surface area contributed by atoms with Gasteiger partial charge < -0.3 is 15.8 Å². The summed E-state index contributed by atoms with van der Waals surface area (Å²) >= 11 is 1.60. The van der Waals surface area contributed by atoms with E-state index >= 15 is 0 Å². The third-order valence-corrected chi connectivity index (χ3v) is 2.92. The lowest BCUT2D eigenvalue weighted by Crippen LogP contribution is -2.30. The smallest absolute Gasteiger partial charge is 0.320 e. The van der Waals surface area contributed by atoms with Crippen LogP contribution < -0.4 is 5.73 Å². The van der Waals surface area contributed by atoms with Crippen molar-refractivity contribution in [3.63, 3.8) is 0 Å². The molecule has 1 atom stereocenters. The minimum Gasteiger partial charge on any atom is -0.480 e. The van der Waals surface area contributed by atoms with Gasteiger partial charge in [-0.15, -0.1) is 0 Å². The number of nitrogens with one attached hydrogen (secondary N) is 1. The van der Waals surface area contributed by atoms with Gasteiger partial charge in [0.15, 0.2) is 0 Å². The van der Waals surface area contributed by atoms with Gasteiger partial charge in [0.2, 0.25) is 0 Å². The van der Waals surface area contributed by atoms with Crippen molar-refractivity contribution in [2.45, 2.75) is 12.5 Å². The first-order valence-electron chi connectivity index (χ1n) is 5.50. The van der Waals surface area contributed by atoms with Crippen LogP contribution in [0.25, 0.3) is 11.0 Å². The number of benzene rings is 1. The van der Waals surface area contributed by atoms with Gasteiger partial charge in [-0.3, -0.25) is 4.79 Å². The van der Waals surface area contributed by atoms with E-state index in [-0.39, 0.29) is 0 Å². The molecule has 1 heterocycles. The molecule has 98 valence electrons. The number of imidazole rings is 1. The van der Waals surface area contributed by atoms with E-state index in [1.807, 2.05) is 30.5 Å². The number of nitrogens with zero attached hydrogens (tertiary/aromatic N) is 1. The number of para-hydroxylation sites is 2. The zero-order valence-corrected chi connectivity index (χ0v) is 11.0.